The number of hydrogen-bond donors (Lipinski definition) is 1. The molecule has 4 heteroatoms. The molecule has 0 unspecified atom stereocenters. The Morgan fingerprint density at radius 1 is 1.41 bits per heavy atom. The maximum atomic E-state index is 11.7. The summed E-state index contributed by atoms with van der Waals surface area (Å²) in [6.07, 6.45) is 0.601. The molecule has 4 nitrogen and oxygen atoms in total. The summed E-state index contributed by atoms with van der Waals surface area (Å²) < 4.78 is 10.0. The van der Waals surface area contributed by atoms with Gasteiger partial charge in [-0.3, -0.25) is 0 Å². The molecule has 0 bridgehead atoms. The predicted molar refractivity (Wildman–Crippen MR) is 62.0 cm³/mol. The van der Waals surface area contributed by atoms with Crippen LogP contribution in [0, 0.1) is 0 Å². The van der Waals surface area contributed by atoms with Crippen molar-refractivity contribution in [1.29, 1.82) is 0 Å². The zero-order valence-electron chi connectivity index (χ0n) is 10.0. The molecule has 0 fully saturated rings. The number of hydrogen-bond acceptors (Lipinski definition) is 4. The van der Waals surface area contributed by atoms with Crippen LogP contribution in [0.2, 0.25) is 0 Å². The van der Waals surface area contributed by atoms with E-state index in [1.54, 1.807) is 14.0 Å². The first-order valence-corrected chi connectivity index (χ1v) is 5.64. The van der Waals surface area contributed by atoms with Crippen LogP contribution < -0.4 is 4.74 Å². The van der Waals surface area contributed by atoms with Gasteiger partial charge in [-0.15, -0.1) is 0 Å². The monoisotopic (exact) mass is 236 g/mol. The van der Waals surface area contributed by atoms with Gasteiger partial charge < -0.3 is 14.6 Å². The summed E-state index contributed by atoms with van der Waals surface area (Å²) in [5.41, 5.74) is 0.506. The highest BCUT2D eigenvalue weighted by atomic mass is 16.5. The van der Waals surface area contributed by atoms with Crippen LogP contribution in [0.1, 0.15) is 18.1 Å². The first-order valence-electron chi connectivity index (χ1n) is 5.64. The zero-order chi connectivity index (χ0) is 12.5. The smallest absolute Gasteiger partial charge is 0.338 e. The van der Waals surface area contributed by atoms with E-state index in [-0.39, 0.29) is 6.61 Å². The van der Waals surface area contributed by atoms with E-state index in [0.29, 0.717) is 12.8 Å². The Hall–Kier alpha value is -1.55. The standard InChI is InChI=1S/C13H16O4/c1-3-17-12(14)13(15)7-9-4-5-11(16-2)6-10(9)8-13/h4-6,15H,3,7-8H2,1-2H3/t13-/m0/s1. The maximum Gasteiger partial charge on any atom is 0.338 e. The molecule has 17 heavy (non-hydrogen) atoms. The molecule has 2 rings (SSSR count). The van der Waals surface area contributed by atoms with Crippen LogP contribution in [0.15, 0.2) is 18.2 Å². The molecule has 1 aromatic rings. The molecule has 1 aliphatic carbocycles. The number of fused-ring (bicyclic) bond motifs is 1. The lowest BCUT2D eigenvalue weighted by molar-refractivity contribution is -0.163. The molecule has 1 aliphatic rings. The highest BCUT2D eigenvalue weighted by molar-refractivity contribution is 5.81. The maximum absolute atomic E-state index is 11.7. The first kappa shape index (κ1) is 11.9. The van der Waals surface area contributed by atoms with Gasteiger partial charge in [0.2, 0.25) is 0 Å². The third-order valence-electron chi connectivity index (χ3n) is 3.03. The number of aliphatic hydroxyl groups is 1. The molecule has 0 radical (unpaired) electrons. The van der Waals surface area contributed by atoms with Crippen LogP contribution in [0.4, 0.5) is 0 Å². The van der Waals surface area contributed by atoms with Crippen LogP contribution in [0.3, 0.4) is 0 Å². The summed E-state index contributed by atoms with van der Waals surface area (Å²) in [4.78, 5) is 11.7. The van der Waals surface area contributed by atoms with Crippen LogP contribution in [-0.4, -0.2) is 30.4 Å². The lowest BCUT2D eigenvalue weighted by atomic mass is 10.0. The first-order chi connectivity index (χ1) is 8.09. The van der Waals surface area contributed by atoms with Gasteiger partial charge in [0.15, 0.2) is 5.60 Å². The molecule has 1 aromatic carbocycles. The minimum absolute atomic E-state index is 0.279. The van der Waals surface area contributed by atoms with Crippen molar-refractivity contribution in [1.82, 2.24) is 0 Å². The highest BCUT2D eigenvalue weighted by Crippen LogP contribution is 2.33. The summed E-state index contributed by atoms with van der Waals surface area (Å²) in [7, 11) is 1.59. The van der Waals surface area contributed by atoms with Crippen LogP contribution >= 0.6 is 0 Å². The van der Waals surface area contributed by atoms with Crippen molar-refractivity contribution in [3.63, 3.8) is 0 Å². The van der Waals surface area contributed by atoms with Crippen molar-refractivity contribution in [3.05, 3.63) is 29.3 Å². The van der Waals surface area contributed by atoms with E-state index in [9.17, 15) is 9.90 Å². The van der Waals surface area contributed by atoms with E-state index in [2.05, 4.69) is 0 Å². The lowest BCUT2D eigenvalue weighted by Crippen LogP contribution is -2.40. The second-order valence-corrected chi connectivity index (χ2v) is 4.24. The second kappa shape index (κ2) is 4.37. The Bertz CT molecular complexity index is 441. The Kier molecular flexibility index (Phi) is 3.07. The summed E-state index contributed by atoms with van der Waals surface area (Å²) in [6, 6.07) is 5.56. The highest BCUT2D eigenvalue weighted by Gasteiger charge is 2.43. The van der Waals surface area contributed by atoms with E-state index in [4.69, 9.17) is 9.47 Å². The van der Waals surface area contributed by atoms with Crippen molar-refractivity contribution in [2.45, 2.75) is 25.4 Å². The SMILES string of the molecule is CCOC(=O)[C@]1(O)Cc2ccc(OC)cc2C1. The van der Waals surface area contributed by atoms with Crippen molar-refractivity contribution < 1.29 is 19.4 Å². The van der Waals surface area contributed by atoms with E-state index in [0.717, 1.165) is 16.9 Å². The summed E-state index contributed by atoms with van der Waals surface area (Å²) in [6.45, 7) is 2.01. The molecule has 0 aromatic heterocycles. The van der Waals surface area contributed by atoms with Gasteiger partial charge in [0.25, 0.3) is 0 Å². The molecule has 0 aliphatic heterocycles. The number of carbonyl (C=O) groups excluding carboxylic acids is 1. The molecule has 1 atom stereocenters. The van der Waals surface area contributed by atoms with Crippen LogP contribution in [-0.2, 0) is 22.4 Å². The van der Waals surface area contributed by atoms with E-state index >= 15 is 0 Å². The Morgan fingerprint density at radius 2 is 2.12 bits per heavy atom. The average molecular weight is 236 g/mol. The number of benzene rings is 1. The molecule has 0 saturated carbocycles. The van der Waals surface area contributed by atoms with Crippen molar-refractivity contribution >= 4 is 5.97 Å². The van der Waals surface area contributed by atoms with Gasteiger partial charge >= 0.3 is 5.97 Å². The predicted octanol–water partition coefficient (Wildman–Crippen LogP) is 1.09. The quantitative estimate of drug-likeness (QED) is 0.798. The number of methoxy groups -OCH3 is 1. The number of rotatable bonds is 3. The third-order valence-corrected chi connectivity index (χ3v) is 3.03. The number of carbonyl (C=O) groups is 1. The average Bonchev–Trinajstić information content (AvgIpc) is 2.65. The van der Waals surface area contributed by atoms with E-state index in [1.807, 2.05) is 18.2 Å². The minimum atomic E-state index is -1.41. The topological polar surface area (TPSA) is 55.8 Å². The molecule has 0 heterocycles. The van der Waals surface area contributed by atoms with Gasteiger partial charge in [-0.2, -0.15) is 0 Å². The molecule has 0 spiro atoms. The van der Waals surface area contributed by atoms with Gasteiger partial charge in [-0.25, -0.2) is 4.79 Å². The Morgan fingerprint density at radius 3 is 2.76 bits per heavy atom. The van der Waals surface area contributed by atoms with Gasteiger partial charge in [0.05, 0.1) is 13.7 Å². The molecule has 0 amide bonds. The van der Waals surface area contributed by atoms with Crippen LogP contribution in [0.5, 0.6) is 5.75 Å². The molecule has 92 valence electrons. The fourth-order valence-electron chi connectivity index (χ4n) is 2.17. The van der Waals surface area contributed by atoms with Gasteiger partial charge in [-0.1, -0.05) is 6.07 Å². The van der Waals surface area contributed by atoms with E-state index < -0.39 is 11.6 Å². The fraction of sp³-hybridized carbons (Fsp3) is 0.462. The largest absolute Gasteiger partial charge is 0.497 e. The van der Waals surface area contributed by atoms with Gasteiger partial charge in [0, 0.05) is 12.8 Å². The second-order valence-electron chi connectivity index (χ2n) is 4.24. The Labute approximate surface area is 100 Å². The molecular weight excluding hydrogens is 220 g/mol. The van der Waals surface area contributed by atoms with Gasteiger partial charge in [0.1, 0.15) is 5.75 Å². The zero-order valence-corrected chi connectivity index (χ0v) is 10.0. The Balaban J connectivity index is 2.23. The molecule has 0 saturated heterocycles. The fourth-order valence-corrected chi connectivity index (χ4v) is 2.17. The van der Waals surface area contributed by atoms with Crippen molar-refractivity contribution in [2.24, 2.45) is 0 Å². The van der Waals surface area contributed by atoms with Crippen LogP contribution in [0.25, 0.3) is 0 Å². The summed E-state index contributed by atoms with van der Waals surface area (Å²) in [5, 5.41) is 10.3. The molecular formula is C13H16O4. The summed E-state index contributed by atoms with van der Waals surface area (Å²) >= 11 is 0. The summed E-state index contributed by atoms with van der Waals surface area (Å²) in [5.74, 6) is 0.187. The van der Waals surface area contributed by atoms with E-state index in [1.165, 1.54) is 0 Å². The molecule has 1 N–H and O–H groups in total. The van der Waals surface area contributed by atoms with Gasteiger partial charge in [-0.05, 0) is 30.2 Å². The van der Waals surface area contributed by atoms with Crippen molar-refractivity contribution in [2.75, 3.05) is 13.7 Å². The normalized spacial score (nSPS) is 22.1. The minimum Gasteiger partial charge on any atom is -0.497 e. The van der Waals surface area contributed by atoms with Crippen molar-refractivity contribution in [3.8, 4) is 5.75 Å². The number of ether oxygens (including phenoxy) is 2. The third kappa shape index (κ3) is 2.13. The number of esters is 1. The lowest BCUT2D eigenvalue weighted by Gasteiger charge is -2.19.